The predicted octanol–water partition coefficient (Wildman–Crippen LogP) is 3.32. The number of carbonyl (C=O) groups is 1. The third-order valence-electron chi connectivity index (χ3n) is 3.85. The molecule has 3 N–H and O–H groups in total. The van der Waals surface area contributed by atoms with E-state index in [1.165, 1.54) is 7.11 Å². The SMILES string of the molecule is COC(=O)[C@H](CCSC)NCc1ccc(N)cc1-c1ccccc1. The second-order valence-corrected chi connectivity index (χ2v) is 6.51. The molecule has 128 valence electrons. The molecule has 0 fully saturated rings. The monoisotopic (exact) mass is 344 g/mol. The van der Waals surface area contributed by atoms with E-state index in [-0.39, 0.29) is 12.0 Å². The number of hydrogen-bond donors (Lipinski definition) is 2. The first-order valence-corrected chi connectivity index (χ1v) is 9.29. The van der Waals surface area contributed by atoms with Crippen LogP contribution in [0.1, 0.15) is 12.0 Å². The van der Waals surface area contributed by atoms with Crippen LogP contribution in [0.3, 0.4) is 0 Å². The molecule has 0 spiro atoms. The van der Waals surface area contributed by atoms with Crippen molar-refractivity contribution in [2.45, 2.75) is 19.0 Å². The summed E-state index contributed by atoms with van der Waals surface area (Å²) in [4.78, 5) is 11.9. The Kier molecular flexibility index (Phi) is 7.15. The molecule has 0 radical (unpaired) electrons. The number of nitrogen functional groups attached to an aromatic ring is 1. The summed E-state index contributed by atoms with van der Waals surface area (Å²) in [5.41, 5.74) is 9.98. The number of anilines is 1. The molecule has 5 heteroatoms. The van der Waals surface area contributed by atoms with Gasteiger partial charge in [0, 0.05) is 12.2 Å². The number of thioether (sulfide) groups is 1. The highest BCUT2D eigenvalue weighted by atomic mass is 32.2. The van der Waals surface area contributed by atoms with Gasteiger partial charge in [-0.1, -0.05) is 36.4 Å². The quantitative estimate of drug-likeness (QED) is 0.568. The minimum absolute atomic E-state index is 0.222. The Morgan fingerprint density at radius 1 is 1.25 bits per heavy atom. The first-order chi connectivity index (χ1) is 11.7. The van der Waals surface area contributed by atoms with Gasteiger partial charge < -0.3 is 15.8 Å². The lowest BCUT2D eigenvalue weighted by atomic mass is 9.98. The fraction of sp³-hybridized carbons (Fsp3) is 0.316. The molecule has 0 unspecified atom stereocenters. The first-order valence-electron chi connectivity index (χ1n) is 7.89. The molecule has 0 saturated carbocycles. The smallest absolute Gasteiger partial charge is 0.322 e. The summed E-state index contributed by atoms with van der Waals surface area (Å²) in [6.07, 6.45) is 2.77. The molecule has 2 rings (SSSR count). The largest absolute Gasteiger partial charge is 0.468 e. The summed E-state index contributed by atoms with van der Waals surface area (Å²) in [5.74, 6) is 0.681. The van der Waals surface area contributed by atoms with E-state index in [0.717, 1.165) is 34.6 Å². The maximum Gasteiger partial charge on any atom is 0.322 e. The summed E-state index contributed by atoms with van der Waals surface area (Å²) in [5, 5.41) is 3.32. The van der Waals surface area contributed by atoms with Gasteiger partial charge in [-0.15, -0.1) is 0 Å². The van der Waals surface area contributed by atoms with Gasteiger partial charge in [-0.3, -0.25) is 4.79 Å². The molecule has 0 aliphatic heterocycles. The van der Waals surface area contributed by atoms with Crippen LogP contribution in [0.25, 0.3) is 11.1 Å². The molecule has 0 aromatic heterocycles. The van der Waals surface area contributed by atoms with Gasteiger partial charge in [0.1, 0.15) is 6.04 Å². The number of benzene rings is 2. The maximum atomic E-state index is 11.9. The van der Waals surface area contributed by atoms with E-state index >= 15 is 0 Å². The number of methoxy groups -OCH3 is 1. The average Bonchev–Trinajstić information content (AvgIpc) is 2.62. The second-order valence-electron chi connectivity index (χ2n) is 5.52. The average molecular weight is 344 g/mol. The van der Waals surface area contributed by atoms with Crippen LogP contribution in [-0.2, 0) is 16.1 Å². The standard InChI is InChI=1S/C19H24N2O2S/c1-23-19(22)18(10-11-24-2)21-13-15-8-9-16(20)12-17(15)14-6-4-3-5-7-14/h3-9,12,18,21H,10-11,13,20H2,1-2H3/t18-/m0/s1. The third kappa shape index (κ3) is 5.01. The zero-order chi connectivity index (χ0) is 17.4. The van der Waals surface area contributed by atoms with Crippen LogP contribution in [0.4, 0.5) is 5.69 Å². The van der Waals surface area contributed by atoms with Gasteiger partial charge in [0.25, 0.3) is 0 Å². The summed E-state index contributed by atoms with van der Waals surface area (Å²) in [6, 6.07) is 15.7. The number of nitrogens with one attached hydrogen (secondary N) is 1. The fourth-order valence-electron chi connectivity index (χ4n) is 2.55. The maximum absolute atomic E-state index is 11.9. The number of hydrogen-bond acceptors (Lipinski definition) is 5. The molecule has 0 bridgehead atoms. The van der Waals surface area contributed by atoms with E-state index in [1.54, 1.807) is 11.8 Å². The lowest BCUT2D eigenvalue weighted by Crippen LogP contribution is -2.37. The minimum atomic E-state index is -0.302. The van der Waals surface area contributed by atoms with Crippen molar-refractivity contribution in [3.63, 3.8) is 0 Å². The summed E-state index contributed by atoms with van der Waals surface area (Å²) in [6.45, 7) is 0.582. The highest BCUT2D eigenvalue weighted by Crippen LogP contribution is 2.26. The van der Waals surface area contributed by atoms with Crippen LogP contribution in [0, 0.1) is 0 Å². The van der Waals surface area contributed by atoms with Crippen LogP contribution in [0.2, 0.25) is 0 Å². The summed E-state index contributed by atoms with van der Waals surface area (Å²) >= 11 is 1.72. The molecule has 24 heavy (non-hydrogen) atoms. The van der Waals surface area contributed by atoms with Gasteiger partial charge in [0.2, 0.25) is 0 Å². The van der Waals surface area contributed by atoms with Crippen molar-refractivity contribution in [3.05, 3.63) is 54.1 Å². The molecule has 0 aliphatic carbocycles. The van der Waals surface area contributed by atoms with Crippen molar-refractivity contribution >= 4 is 23.4 Å². The highest BCUT2D eigenvalue weighted by molar-refractivity contribution is 7.98. The molecule has 4 nitrogen and oxygen atoms in total. The van der Waals surface area contributed by atoms with Crippen molar-refractivity contribution in [2.24, 2.45) is 0 Å². The molecule has 0 heterocycles. The van der Waals surface area contributed by atoms with Gasteiger partial charge in [0.05, 0.1) is 7.11 Å². The summed E-state index contributed by atoms with van der Waals surface area (Å²) in [7, 11) is 1.43. The van der Waals surface area contributed by atoms with E-state index in [0.29, 0.717) is 6.54 Å². The Morgan fingerprint density at radius 2 is 2.00 bits per heavy atom. The number of ether oxygens (including phenoxy) is 1. The van der Waals surface area contributed by atoms with Crippen molar-refractivity contribution in [3.8, 4) is 11.1 Å². The Bertz CT molecular complexity index is 662. The zero-order valence-corrected chi connectivity index (χ0v) is 14.9. The number of nitrogens with two attached hydrogens (primary N) is 1. The van der Waals surface area contributed by atoms with Crippen molar-refractivity contribution < 1.29 is 9.53 Å². The van der Waals surface area contributed by atoms with Crippen molar-refractivity contribution in [1.82, 2.24) is 5.32 Å². The number of carbonyl (C=O) groups excluding carboxylic acids is 1. The molecule has 0 aliphatic rings. The molecule has 2 aromatic rings. The zero-order valence-electron chi connectivity index (χ0n) is 14.1. The van der Waals surface area contributed by atoms with Gasteiger partial charge in [-0.25, -0.2) is 0 Å². The molecule has 0 saturated heterocycles. The second kappa shape index (κ2) is 9.35. The van der Waals surface area contributed by atoms with E-state index in [1.807, 2.05) is 42.7 Å². The molecule has 0 amide bonds. The normalized spacial score (nSPS) is 11.9. The lowest BCUT2D eigenvalue weighted by Gasteiger charge is -2.18. The van der Waals surface area contributed by atoms with Crippen LogP contribution >= 0.6 is 11.8 Å². The van der Waals surface area contributed by atoms with E-state index < -0.39 is 0 Å². The Balaban J connectivity index is 2.18. The van der Waals surface area contributed by atoms with Crippen LogP contribution in [0.5, 0.6) is 0 Å². The summed E-state index contributed by atoms with van der Waals surface area (Å²) < 4.78 is 4.90. The Hall–Kier alpha value is -1.98. The minimum Gasteiger partial charge on any atom is -0.468 e. The molecule has 2 aromatic carbocycles. The molecular formula is C19H24N2O2S. The molecular weight excluding hydrogens is 320 g/mol. The first kappa shape index (κ1) is 18.4. The topological polar surface area (TPSA) is 64.3 Å². The van der Waals surface area contributed by atoms with Crippen molar-refractivity contribution in [1.29, 1.82) is 0 Å². The van der Waals surface area contributed by atoms with Crippen LogP contribution < -0.4 is 11.1 Å². The van der Waals surface area contributed by atoms with Gasteiger partial charge >= 0.3 is 5.97 Å². The fourth-order valence-corrected chi connectivity index (χ4v) is 3.02. The van der Waals surface area contributed by atoms with Crippen LogP contribution in [0.15, 0.2) is 48.5 Å². The Labute approximate surface area is 147 Å². The Morgan fingerprint density at radius 3 is 2.67 bits per heavy atom. The van der Waals surface area contributed by atoms with Crippen molar-refractivity contribution in [2.75, 3.05) is 24.9 Å². The van der Waals surface area contributed by atoms with E-state index in [4.69, 9.17) is 10.5 Å². The number of esters is 1. The van der Waals surface area contributed by atoms with Crippen LogP contribution in [-0.4, -0.2) is 31.1 Å². The van der Waals surface area contributed by atoms with Gasteiger partial charge in [-0.05, 0) is 47.3 Å². The highest BCUT2D eigenvalue weighted by Gasteiger charge is 2.18. The van der Waals surface area contributed by atoms with Gasteiger partial charge in [0.15, 0.2) is 0 Å². The van der Waals surface area contributed by atoms with E-state index in [2.05, 4.69) is 17.4 Å². The number of rotatable bonds is 8. The van der Waals surface area contributed by atoms with Gasteiger partial charge in [-0.2, -0.15) is 11.8 Å². The molecule has 1 atom stereocenters. The van der Waals surface area contributed by atoms with E-state index in [9.17, 15) is 4.79 Å². The predicted molar refractivity (Wildman–Crippen MR) is 102 cm³/mol. The third-order valence-corrected chi connectivity index (χ3v) is 4.50. The lowest BCUT2D eigenvalue weighted by molar-refractivity contribution is -0.143.